The highest BCUT2D eigenvalue weighted by atomic mass is 16.6. The zero-order valence-electron chi connectivity index (χ0n) is 15.9. The monoisotopic (exact) mass is 363 g/mol. The third-order valence-corrected chi connectivity index (χ3v) is 5.44. The van der Waals surface area contributed by atoms with Gasteiger partial charge in [0, 0.05) is 32.2 Å². The van der Waals surface area contributed by atoms with E-state index in [4.69, 9.17) is 4.74 Å². The summed E-state index contributed by atoms with van der Waals surface area (Å²) in [5.74, 6) is 1.03. The summed E-state index contributed by atoms with van der Waals surface area (Å²) in [6, 6.07) is 0.0994. The van der Waals surface area contributed by atoms with Gasteiger partial charge in [-0.05, 0) is 38.0 Å². The molecule has 0 spiro atoms. The lowest BCUT2D eigenvalue weighted by molar-refractivity contribution is 0.0983. The number of hydrogen-bond donors (Lipinski definition) is 1. The smallest absolute Gasteiger partial charge is 0.409 e. The zero-order chi connectivity index (χ0) is 18.8. The highest BCUT2D eigenvalue weighted by Gasteiger charge is 2.32. The molecule has 0 aliphatic carbocycles. The fraction of sp³-hybridized carbons (Fsp3) is 0.737. The van der Waals surface area contributed by atoms with Crippen LogP contribution in [0.4, 0.5) is 16.2 Å². The van der Waals surface area contributed by atoms with Crippen molar-refractivity contribution in [3.05, 3.63) is 20.4 Å². The van der Waals surface area contributed by atoms with Gasteiger partial charge in [0.05, 0.1) is 6.61 Å². The predicted octanol–water partition coefficient (Wildman–Crippen LogP) is 1.80. The van der Waals surface area contributed by atoms with Crippen LogP contribution in [0.5, 0.6) is 0 Å². The summed E-state index contributed by atoms with van der Waals surface area (Å²) in [6.45, 7) is 9.38. The number of carbonyl (C=O) groups excluding carboxylic acids is 1. The minimum Gasteiger partial charge on any atom is -0.450 e. The number of amides is 1. The van der Waals surface area contributed by atoms with Crippen LogP contribution in [0.3, 0.4) is 0 Å². The second-order valence-electron chi connectivity index (χ2n) is 7.84. The van der Waals surface area contributed by atoms with Gasteiger partial charge in [-0.15, -0.1) is 0 Å². The van der Waals surface area contributed by atoms with Gasteiger partial charge >= 0.3 is 6.09 Å². The number of hydrogen-bond acceptors (Lipinski definition) is 6. The van der Waals surface area contributed by atoms with Crippen molar-refractivity contribution in [2.45, 2.75) is 46.1 Å². The van der Waals surface area contributed by atoms with Crippen LogP contribution < -0.4 is 21.1 Å². The van der Waals surface area contributed by atoms with Crippen LogP contribution in [-0.4, -0.2) is 49.8 Å². The number of nitrogens with zero attached hydrogens (tertiary/aromatic N) is 2. The van der Waals surface area contributed by atoms with E-state index in [1.54, 1.807) is 11.8 Å². The van der Waals surface area contributed by atoms with Gasteiger partial charge in [0.15, 0.2) is 0 Å². The molecule has 3 rings (SSSR count). The van der Waals surface area contributed by atoms with Gasteiger partial charge in [0.2, 0.25) is 0 Å². The van der Waals surface area contributed by atoms with Crippen LogP contribution in [0.25, 0.3) is 0 Å². The summed E-state index contributed by atoms with van der Waals surface area (Å²) in [7, 11) is 0. The summed E-state index contributed by atoms with van der Waals surface area (Å²) in [5.41, 5.74) is 0.281. The van der Waals surface area contributed by atoms with Crippen molar-refractivity contribution in [2.24, 2.45) is 11.8 Å². The van der Waals surface area contributed by atoms with Crippen molar-refractivity contribution in [3.63, 3.8) is 0 Å². The number of rotatable bonds is 4. The fourth-order valence-corrected chi connectivity index (χ4v) is 4.29. The normalized spacial score (nSPS) is 24.7. The maximum absolute atomic E-state index is 12.2. The zero-order valence-corrected chi connectivity index (χ0v) is 15.9. The van der Waals surface area contributed by atoms with Crippen molar-refractivity contribution < 1.29 is 9.53 Å². The molecule has 1 aromatic rings. The van der Waals surface area contributed by atoms with Crippen molar-refractivity contribution in [1.29, 1.82) is 0 Å². The molecule has 2 atom stereocenters. The minimum absolute atomic E-state index is 0.0994. The van der Waals surface area contributed by atoms with E-state index in [2.05, 4.69) is 24.1 Å². The van der Waals surface area contributed by atoms with Gasteiger partial charge < -0.3 is 19.9 Å². The molecule has 144 valence electrons. The van der Waals surface area contributed by atoms with Gasteiger partial charge in [0.1, 0.15) is 11.4 Å². The van der Waals surface area contributed by atoms with Crippen LogP contribution in [0.1, 0.15) is 40.0 Å². The number of carbonyl (C=O) groups is 1. The van der Waals surface area contributed by atoms with Crippen LogP contribution in [0, 0.1) is 11.8 Å². The van der Waals surface area contributed by atoms with Gasteiger partial charge in [-0.1, -0.05) is 13.8 Å². The molecule has 0 unspecified atom stereocenters. The molecule has 0 radical (unpaired) electrons. The van der Waals surface area contributed by atoms with E-state index in [1.165, 1.54) is 0 Å². The number of likely N-dealkylation sites (tertiary alicyclic amines) is 1. The van der Waals surface area contributed by atoms with Gasteiger partial charge in [-0.25, -0.2) is 4.79 Å². The maximum atomic E-state index is 12.2. The highest BCUT2D eigenvalue weighted by Crippen LogP contribution is 2.29. The van der Waals surface area contributed by atoms with Crippen molar-refractivity contribution in [3.8, 4) is 0 Å². The molecule has 2 heterocycles. The van der Waals surface area contributed by atoms with E-state index in [0.717, 1.165) is 32.4 Å². The molecule has 0 saturated carbocycles. The molecule has 1 amide bonds. The average Bonchev–Trinajstić information content (AvgIpc) is 2.61. The summed E-state index contributed by atoms with van der Waals surface area (Å²) >= 11 is 0. The maximum Gasteiger partial charge on any atom is 0.409 e. The first-order valence-electron chi connectivity index (χ1n) is 9.67. The molecule has 2 aliphatic rings. The minimum atomic E-state index is -0.404. The average molecular weight is 363 g/mol. The Morgan fingerprint density at radius 2 is 1.73 bits per heavy atom. The highest BCUT2D eigenvalue weighted by molar-refractivity contribution is 5.75. The van der Waals surface area contributed by atoms with E-state index in [9.17, 15) is 14.4 Å². The molecule has 7 heteroatoms. The molecular formula is C19H29N3O4. The number of nitrogens with one attached hydrogen (secondary N) is 1. The third kappa shape index (κ3) is 3.71. The van der Waals surface area contributed by atoms with Gasteiger partial charge in [-0.3, -0.25) is 9.59 Å². The molecule has 2 fully saturated rings. The molecule has 1 aromatic carbocycles. The van der Waals surface area contributed by atoms with Crippen molar-refractivity contribution >= 4 is 17.5 Å². The summed E-state index contributed by atoms with van der Waals surface area (Å²) in [4.78, 5) is 39.9. The van der Waals surface area contributed by atoms with E-state index < -0.39 is 5.43 Å². The largest absolute Gasteiger partial charge is 0.450 e. The van der Waals surface area contributed by atoms with Gasteiger partial charge in [-0.2, -0.15) is 0 Å². The molecule has 0 bridgehead atoms. The van der Waals surface area contributed by atoms with Crippen LogP contribution in [-0.2, 0) is 4.74 Å². The first-order chi connectivity index (χ1) is 12.4. The molecule has 2 aliphatic heterocycles. The standard InChI is InChI=1S/C19H29N3O4/c1-4-26-19(25)21-7-5-14(6-8-21)20-15-16(18(24)17(15)23)22-10-12(2)9-13(3)11-22/h12-14,20H,4-11H2,1-3H3/t12-,13+. The summed E-state index contributed by atoms with van der Waals surface area (Å²) in [6.07, 6.45) is 2.35. The Kier molecular flexibility index (Phi) is 5.53. The van der Waals surface area contributed by atoms with Crippen molar-refractivity contribution in [1.82, 2.24) is 4.90 Å². The third-order valence-electron chi connectivity index (χ3n) is 5.44. The first-order valence-corrected chi connectivity index (χ1v) is 9.67. The fourth-order valence-electron chi connectivity index (χ4n) is 4.29. The van der Waals surface area contributed by atoms with E-state index >= 15 is 0 Å². The molecule has 1 N–H and O–H groups in total. The summed E-state index contributed by atoms with van der Waals surface area (Å²) < 4.78 is 5.03. The Labute approximate surface area is 154 Å². The lowest BCUT2D eigenvalue weighted by atomic mass is 9.91. The lowest BCUT2D eigenvalue weighted by Gasteiger charge is -2.38. The number of piperidine rings is 2. The summed E-state index contributed by atoms with van der Waals surface area (Å²) in [5, 5.41) is 3.29. The van der Waals surface area contributed by atoms with Gasteiger partial charge in [0.25, 0.3) is 10.9 Å². The lowest BCUT2D eigenvalue weighted by Crippen LogP contribution is -2.49. The van der Waals surface area contributed by atoms with Crippen LogP contribution in [0.15, 0.2) is 9.59 Å². The molecule has 7 nitrogen and oxygen atoms in total. The SMILES string of the molecule is CCOC(=O)N1CCC(Nc2c(N3C[C@H](C)C[C@H](C)C3)c(=O)c2=O)CC1. The van der Waals surface area contributed by atoms with Crippen LogP contribution in [0.2, 0.25) is 0 Å². The Bertz CT molecular complexity index is 707. The molecule has 0 aromatic heterocycles. The van der Waals surface area contributed by atoms with E-state index in [0.29, 0.717) is 42.9 Å². The Balaban J connectivity index is 1.63. The molecule has 2 saturated heterocycles. The Morgan fingerprint density at radius 3 is 2.31 bits per heavy atom. The van der Waals surface area contributed by atoms with E-state index in [1.807, 2.05) is 0 Å². The van der Waals surface area contributed by atoms with E-state index in [-0.39, 0.29) is 17.6 Å². The first kappa shape index (κ1) is 18.7. The Hall–Kier alpha value is -2.05. The quantitative estimate of drug-likeness (QED) is 0.822. The second kappa shape index (κ2) is 7.68. The number of anilines is 2. The molecular weight excluding hydrogens is 334 g/mol. The predicted molar refractivity (Wildman–Crippen MR) is 102 cm³/mol. The molecule has 26 heavy (non-hydrogen) atoms. The Morgan fingerprint density at radius 1 is 1.12 bits per heavy atom. The number of ether oxygens (including phenoxy) is 1. The topological polar surface area (TPSA) is 79.0 Å². The second-order valence-corrected chi connectivity index (χ2v) is 7.84. The van der Waals surface area contributed by atoms with Crippen molar-refractivity contribution in [2.75, 3.05) is 43.0 Å². The van der Waals surface area contributed by atoms with Crippen LogP contribution >= 0.6 is 0 Å².